The van der Waals surface area contributed by atoms with Gasteiger partial charge in [0.15, 0.2) is 5.78 Å². The zero-order valence-electron chi connectivity index (χ0n) is 13.2. The lowest BCUT2D eigenvalue weighted by molar-refractivity contribution is 0.103. The predicted octanol–water partition coefficient (Wildman–Crippen LogP) is 4.04. The molecule has 3 rings (SSSR count). The Hall–Kier alpha value is -2.66. The number of carbonyl (C=O) groups is 1. The van der Waals surface area contributed by atoms with E-state index in [4.69, 9.17) is 11.6 Å². The molecule has 0 bridgehead atoms. The Bertz CT molecular complexity index is 908. The number of hydrogen-bond donors (Lipinski definition) is 2. The number of aromatic nitrogens is 2. The molecule has 24 heavy (non-hydrogen) atoms. The second-order valence-electron chi connectivity index (χ2n) is 5.76. The minimum Gasteiger partial charge on any atom is -0.507 e. The largest absolute Gasteiger partial charge is 0.507 e. The van der Waals surface area contributed by atoms with Crippen molar-refractivity contribution < 1.29 is 9.90 Å². The van der Waals surface area contributed by atoms with Crippen LogP contribution in [0.4, 0.5) is 5.95 Å². The molecule has 1 heterocycles. The van der Waals surface area contributed by atoms with Crippen molar-refractivity contribution in [3.05, 3.63) is 58.7 Å². The summed E-state index contributed by atoms with van der Waals surface area (Å²) < 4.78 is 0. The molecule has 0 fully saturated rings. The van der Waals surface area contributed by atoms with E-state index in [2.05, 4.69) is 15.3 Å². The van der Waals surface area contributed by atoms with Gasteiger partial charge in [-0.1, -0.05) is 11.6 Å². The van der Waals surface area contributed by atoms with Crippen LogP contribution in [-0.2, 0) is 0 Å². The van der Waals surface area contributed by atoms with E-state index >= 15 is 0 Å². The van der Waals surface area contributed by atoms with E-state index < -0.39 is 0 Å². The smallest absolute Gasteiger partial charge is 0.223 e. The zero-order chi connectivity index (χ0) is 17.3. The number of carbonyl (C=O) groups excluding carboxylic acids is 1. The summed E-state index contributed by atoms with van der Waals surface area (Å²) in [5.41, 5.74) is 1.23. The minimum absolute atomic E-state index is 0.114. The van der Waals surface area contributed by atoms with Gasteiger partial charge >= 0.3 is 0 Å². The van der Waals surface area contributed by atoms with E-state index in [1.807, 2.05) is 13.8 Å². The highest BCUT2D eigenvalue weighted by molar-refractivity contribution is 6.30. The molecular formula is C18H16ClN3O2. The Morgan fingerprint density at radius 2 is 1.92 bits per heavy atom. The molecule has 5 nitrogen and oxygen atoms in total. The van der Waals surface area contributed by atoms with Crippen LogP contribution in [0.1, 0.15) is 29.8 Å². The number of ketones is 1. The van der Waals surface area contributed by atoms with Crippen LogP contribution in [0.15, 0.2) is 42.6 Å². The number of benzene rings is 2. The van der Waals surface area contributed by atoms with Gasteiger partial charge < -0.3 is 10.4 Å². The molecule has 0 aliphatic rings. The third-order valence-corrected chi connectivity index (χ3v) is 3.72. The van der Waals surface area contributed by atoms with Crippen molar-refractivity contribution in [2.45, 2.75) is 19.9 Å². The van der Waals surface area contributed by atoms with Crippen LogP contribution in [0.2, 0.25) is 5.02 Å². The van der Waals surface area contributed by atoms with Gasteiger partial charge in [-0.25, -0.2) is 9.97 Å². The van der Waals surface area contributed by atoms with E-state index in [9.17, 15) is 9.90 Å². The fourth-order valence-electron chi connectivity index (χ4n) is 2.33. The third kappa shape index (κ3) is 3.31. The van der Waals surface area contributed by atoms with Gasteiger partial charge in [0, 0.05) is 34.3 Å². The Kier molecular flexibility index (Phi) is 4.36. The van der Waals surface area contributed by atoms with Crippen molar-refractivity contribution in [2.24, 2.45) is 0 Å². The zero-order valence-corrected chi connectivity index (χ0v) is 14.0. The second-order valence-corrected chi connectivity index (χ2v) is 6.19. The monoisotopic (exact) mass is 341 g/mol. The maximum atomic E-state index is 12.6. The quantitative estimate of drug-likeness (QED) is 0.700. The van der Waals surface area contributed by atoms with Gasteiger partial charge in [-0.05, 0) is 44.2 Å². The summed E-state index contributed by atoms with van der Waals surface area (Å²) in [5, 5.41) is 14.6. The molecule has 0 aliphatic carbocycles. The number of rotatable bonds is 4. The highest BCUT2D eigenvalue weighted by atomic mass is 35.5. The maximum absolute atomic E-state index is 12.6. The first-order valence-corrected chi connectivity index (χ1v) is 7.88. The van der Waals surface area contributed by atoms with Crippen molar-refractivity contribution in [1.29, 1.82) is 0 Å². The Labute approximate surface area is 144 Å². The SMILES string of the molecule is CC(C)Nc1ncc2cc(C(=O)c3ccc(Cl)cc3)c(O)cc2n1. The van der Waals surface area contributed by atoms with Crippen molar-refractivity contribution in [3.8, 4) is 5.75 Å². The summed E-state index contributed by atoms with van der Waals surface area (Å²) in [5.74, 6) is 0.0840. The molecule has 0 spiro atoms. The average Bonchev–Trinajstić information content (AvgIpc) is 2.53. The lowest BCUT2D eigenvalue weighted by Gasteiger charge is -2.10. The lowest BCUT2D eigenvalue weighted by Crippen LogP contribution is -2.12. The van der Waals surface area contributed by atoms with Gasteiger partial charge in [0.25, 0.3) is 0 Å². The molecule has 0 atom stereocenters. The molecule has 1 aromatic heterocycles. The molecule has 2 aromatic carbocycles. The number of hydrogen-bond acceptors (Lipinski definition) is 5. The molecule has 6 heteroatoms. The Morgan fingerprint density at radius 3 is 2.58 bits per heavy atom. The van der Waals surface area contributed by atoms with Crippen molar-refractivity contribution in [3.63, 3.8) is 0 Å². The number of phenols is 1. The van der Waals surface area contributed by atoms with E-state index in [1.54, 1.807) is 36.5 Å². The average molecular weight is 342 g/mol. The van der Waals surface area contributed by atoms with E-state index in [0.717, 1.165) is 0 Å². The molecule has 0 radical (unpaired) electrons. The highest BCUT2D eigenvalue weighted by Gasteiger charge is 2.15. The summed E-state index contributed by atoms with van der Waals surface area (Å²) in [4.78, 5) is 21.2. The molecule has 3 aromatic rings. The van der Waals surface area contributed by atoms with Gasteiger partial charge in [-0.2, -0.15) is 0 Å². The van der Waals surface area contributed by atoms with Crippen molar-refractivity contribution in [2.75, 3.05) is 5.32 Å². The fraction of sp³-hybridized carbons (Fsp3) is 0.167. The molecule has 0 aliphatic heterocycles. The van der Waals surface area contributed by atoms with E-state index in [1.165, 1.54) is 6.07 Å². The number of halogens is 1. The summed E-state index contributed by atoms with van der Waals surface area (Å²) in [6.07, 6.45) is 1.63. The molecule has 0 saturated carbocycles. The Morgan fingerprint density at radius 1 is 1.21 bits per heavy atom. The van der Waals surface area contributed by atoms with Crippen LogP contribution >= 0.6 is 11.6 Å². The summed E-state index contributed by atoms with van der Waals surface area (Å²) in [6.45, 7) is 3.97. The maximum Gasteiger partial charge on any atom is 0.223 e. The van der Waals surface area contributed by atoms with Crippen molar-refractivity contribution in [1.82, 2.24) is 9.97 Å². The van der Waals surface area contributed by atoms with Gasteiger partial charge in [-0.15, -0.1) is 0 Å². The van der Waals surface area contributed by atoms with Crippen LogP contribution in [0.5, 0.6) is 5.75 Å². The van der Waals surface area contributed by atoms with Gasteiger partial charge in [0.1, 0.15) is 5.75 Å². The summed E-state index contributed by atoms with van der Waals surface area (Å²) in [6, 6.07) is 9.80. The predicted molar refractivity (Wildman–Crippen MR) is 94.8 cm³/mol. The molecule has 0 saturated heterocycles. The van der Waals surface area contributed by atoms with E-state index in [0.29, 0.717) is 27.4 Å². The van der Waals surface area contributed by atoms with Gasteiger partial charge in [0.05, 0.1) is 11.1 Å². The number of anilines is 1. The number of aromatic hydroxyl groups is 1. The molecule has 122 valence electrons. The highest BCUT2D eigenvalue weighted by Crippen LogP contribution is 2.27. The fourth-order valence-corrected chi connectivity index (χ4v) is 2.46. The lowest BCUT2D eigenvalue weighted by atomic mass is 10.0. The van der Waals surface area contributed by atoms with Crippen LogP contribution in [-0.4, -0.2) is 26.9 Å². The number of phenolic OH excluding ortho intramolecular Hbond substituents is 1. The first-order chi connectivity index (χ1) is 11.4. The van der Waals surface area contributed by atoms with Crippen LogP contribution in [0, 0.1) is 0 Å². The standard InChI is InChI=1S/C18H16ClN3O2/c1-10(2)21-18-20-9-12-7-14(16(23)8-15(12)22-18)17(24)11-3-5-13(19)6-4-11/h3-10,23H,1-2H3,(H,20,21,22). The topological polar surface area (TPSA) is 75.1 Å². The normalized spacial score (nSPS) is 11.0. The first kappa shape index (κ1) is 16.2. The van der Waals surface area contributed by atoms with Crippen LogP contribution in [0.3, 0.4) is 0 Å². The summed E-state index contributed by atoms with van der Waals surface area (Å²) >= 11 is 5.84. The Balaban J connectivity index is 2.01. The molecule has 0 amide bonds. The van der Waals surface area contributed by atoms with E-state index in [-0.39, 0.29) is 23.1 Å². The number of nitrogens with zero attached hydrogens (tertiary/aromatic N) is 2. The first-order valence-electron chi connectivity index (χ1n) is 7.50. The molecule has 2 N–H and O–H groups in total. The van der Waals surface area contributed by atoms with Gasteiger partial charge in [0.2, 0.25) is 5.95 Å². The number of fused-ring (bicyclic) bond motifs is 1. The molecular weight excluding hydrogens is 326 g/mol. The van der Waals surface area contributed by atoms with Crippen LogP contribution < -0.4 is 5.32 Å². The van der Waals surface area contributed by atoms with Gasteiger partial charge in [-0.3, -0.25) is 4.79 Å². The third-order valence-electron chi connectivity index (χ3n) is 3.47. The minimum atomic E-state index is -0.282. The number of nitrogens with one attached hydrogen (secondary N) is 1. The summed E-state index contributed by atoms with van der Waals surface area (Å²) in [7, 11) is 0. The molecule has 0 unspecified atom stereocenters. The second kappa shape index (κ2) is 6.45. The van der Waals surface area contributed by atoms with Crippen molar-refractivity contribution >= 4 is 34.2 Å². The van der Waals surface area contributed by atoms with Crippen LogP contribution in [0.25, 0.3) is 10.9 Å².